The molecule has 0 heterocycles. The molecule has 0 aliphatic rings. The Hall–Kier alpha value is -4.11. The van der Waals surface area contributed by atoms with E-state index in [1.54, 1.807) is 0 Å². The normalized spacial score (nSPS) is 14.3. The van der Waals surface area contributed by atoms with Crippen molar-refractivity contribution in [3.8, 4) is 0 Å². The summed E-state index contributed by atoms with van der Waals surface area (Å²) < 4.78 is 34.1. The quantitative estimate of drug-likeness (QED) is 0.0195. The molecule has 0 aliphatic carbocycles. The summed E-state index contributed by atoms with van der Waals surface area (Å²) in [6.07, 6.45) is 86.2. The van der Waals surface area contributed by atoms with Gasteiger partial charge in [0.05, 0.1) is 27.7 Å². The van der Waals surface area contributed by atoms with E-state index in [1.807, 2.05) is 21.1 Å². The number of hydrogen-bond acceptors (Lipinski definition) is 8. The van der Waals surface area contributed by atoms with Crippen molar-refractivity contribution in [2.75, 3.05) is 47.5 Å². The monoisotopic (exact) mass is 1120 g/mol. The SMILES string of the molecule is CC/C=C\C/C=C\C/C=C\C/C=C\C/C=C\C/C=C\C/C=C\C/C=C\C/C=C\C/C=C\C/C=C\C/C=C\CCCCCCC(=O)OC(COC(=O)CCCCCCCCCCCCCCCC)COP(=O)([O-])OCC[N+](C)(C)C. The molecule has 0 radical (unpaired) electrons. The number of carbonyl (C=O) groups is 2. The first kappa shape index (κ1) is 74.9. The minimum absolute atomic E-state index is 0.0422. The van der Waals surface area contributed by atoms with Crippen LogP contribution in [0.4, 0.5) is 0 Å². The Morgan fingerprint density at radius 1 is 0.405 bits per heavy atom. The third-order valence-corrected chi connectivity index (χ3v) is 13.6. The predicted molar refractivity (Wildman–Crippen MR) is 337 cm³/mol. The van der Waals surface area contributed by atoms with Gasteiger partial charge in [0.15, 0.2) is 6.10 Å². The molecule has 0 aromatic rings. The molecule has 2 unspecified atom stereocenters. The lowest BCUT2D eigenvalue weighted by Gasteiger charge is -2.28. The maximum absolute atomic E-state index is 12.8. The molecule has 2 atom stereocenters. The Morgan fingerprint density at radius 2 is 0.722 bits per heavy atom. The van der Waals surface area contributed by atoms with Crippen LogP contribution in [0.5, 0.6) is 0 Å². The summed E-state index contributed by atoms with van der Waals surface area (Å²) in [4.78, 5) is 37.8. The number of quaternary nitrogens is 1. The number of hydrogen-bond donors (Lipinski definition) is 0. The van der Waals surface area contributed by atoms with Gasteiger partial charge in [0.2, 0.25) is 0 Å². The number of esters is 2. The first-order valence-electron chi connectivity index (χ1n) is 31.0. The molecule has 448 valence electrons. The van der Waals surface area contributed by atoms with Crippen molar-refractivity contribution in [1.29, 1.82) is 0 Å². The number of nitrogens with zero attached hydrogens (tertiary/aromatic N) is 1. The van der Waals surface area contributed by atoms with Gasteiger partial charge in [0.25, 0.3) is 7.82 Å². The molecule has 0 spiro atoms. The molecule has 9 nitrogen and oxygen atoms in total. The van der Waals surface area contributed by atoms with Crippen LogP contribution in [0.25, 0.3) is 0 Å². The van der Waals surface area contributed by atoms with Crippen molar-refractivity contribution in [2.24, 2.45) is 0 Å². The van der Waals surface area contributed by atoms with Crippen molar-refractivity contribution in [3.63, 3.8) is 0 Å². The van der Waals surface area contributed by atoms with Crippen LogP contribution in [-0.2, 0) is 32.7 Å². The summed E-state index contributed by atoms with van der Waals surface area (Å²) in [7, 11) is 1.13. The maximum atomic E-state index is 12.8. The van der Waals surface area contributed by atoms with Gasteiger partial charge >= 0.3 is 11.9 Å². The van der Waals surface area contributed by atoms with E-state index in [0.717, 1.165) is 122 Å². The second-order valence-electron chi connectivity index (χ2n) is 21.3. The van der Waals surface area contributed by atoms with Gasteiger partial charge in [0.1, 0.15) is 19.8 Å². The van der Waals surface area contributed by atoms with E-state index < -0.39 is 32.5 Å². The second-order valence-corrected chi connectivity index (χ2v) is 22.8. The average molecular weight is 1120 g/mol. The smallest absolute Gasteiger partial charge is 0.306 e. The number of rotatable bonds is 55. The summed E-state index contributed by atoms with van der Waals surface area (Å²) >= 11 is 0. The third-order valence-electron chi connectivity index (χ3n) is 12.6. The van der Waals surface area contributed by atoms with Crippen LogP contribution < -0.4 is 4.89 Å². The molecule has 79 heavy (non-hydrogen) atoms. The van der Waals surface area contributed by atoms with Crippen LogP contribution in [0.2, 0.25) is 0 Å². The number of ether oxygens (including phenoxy) is 2. The lowest BCUT2D eigenvalue weighted by molar-refractivity contribution is -0.870. The molecule has 10 heteroatoms. The minimum Gasteiger partial charge on any atom is -0.756 e. The highest BCUT2D eigenvalue weighted by atomic mass is 31.2. The molecule has 0 aromatic heterocycles. The third kappa shape index (κ3) is 62.9. The molecule has 0 amide bonds. The van der Waals surface area contributed by atoms with Gasteiger partial charge in [-0.3, -0.25) is 14.2 Å². The summed E-state index contributed by atoms with van der Waals surface area (Å²) in [5.41, 5.74) is 0. The van der Waals surface area contributed by atoms with Gasteiger partial charge in [-0.1, -0.05) is 256 Å². The molecule has 0 fully saturated rings. The molecule has 0 rings (SSSR count). The molecule has 0 saturated heterocycles. The van der Waals surface area contributed by atoms with Gasteiger partial charge in [0, 0.05) is 12.8 Å². The first-order valence-corrected chi connectivity index (χ1v) is 32.5. The first-order chi connectivity index (χ1) is 38.5. The van der Waals surface area contributed by atoms with E-state index in [0.29, 0.717) is 17.4 Å². The fourth-order valence-electron chi connectivity index (χ4n) is 7.87. The molecule has 0 N–H and O–H groups in total. The maximum Gasteiger partial charge on any atom is 0.306 e. The fourth-order valence-corrected chi connectivity index (χ4v) is 8.60. The highest BCUT2D eigenvalue weighted by molar-refractivity contribution is 7.45. The lowest BCUT2D eigenvalue weighted by Crippen LogP contribution is -2.37. The van der Waals surface area contributed by atoms with Crippen molar-refractivity contribution in [2.45, 2.75) is 232 Å². The Morgan fingerprint density at radius 3 is 1.08 bits per heavy atom. The summed E-state index contributed by atoms with van der Waals surface area (Å²) in [5, 5.41) is 0. The number of carbonyl (C=O) groups excluding carboxylic acids is 2. The van der Waals surface area contributed by atoms with Gasteiger partial charge in [-0.15, -0.1) is 0 Å². The predicted octanol–water partition coefficient (Wildman–Crippen LogP) is 19.2. The number of likely N-dealkylation sites (N-methyl/N-ethyl adjacent to an activating group) is 1. The molecule has 0 bridgehead atoms. The van der Waals surface area contributed by atoms with Gasteiger partial charge in [-0.25, -0.2) is 0 Å². The number of unbranched alkanes of at least 4 members (excludes halogenated alkanes) is 17. The second kappa shape index (κ2) is 58.5. The number of allylic oxidation sites excluding steroid dienone is 24. The Kier molecular flexibility index (Phi) is 55.5. The molecular weight excluding hydrogens is 1000 g/mol. The van der Waals surface area contributed by atoms with Crippen molar-refractivity contribution >= 4 is 19.8 Å². The van der Waals surface area contributed by atoms with Crippen LogP contribution in [0.15, 0.2) is 146 Å². The van der Waals surface area contributed by atoms with Crippen molar-refractivity contribution < 1.29 is 42.1 Å². The van der Waals surface area contributed by atoms with Gasteiger partial charge in [-0.2, -0.15) is 0 Å². The summed E-state index contributed by atoms with van der Waals surface area (Å²) in [6, 6.07) is 0. The van der Waals surface area contributed by atoms with E-state index >= 15 is 0 Å². The molecule has 0 aliphatic heterocycles. The zero-order valence-electron chi connectivity index (χ0n) is 50.8. The Balaban J connectivity index is 4.17. The summed E-state index contributed by atoms with van der Waals surface area (Å²) in [6.45, 7) is 4.08. The van der Waals surface area contributed by atoms with Crippen molar-refractivity contribution in [3.05, 3.63) is 146 Å². The van der Waals surface area contributed by atoms with Crippen molar-refractivity contribution in [1.82, 2.24) is 0 Å². The largest absolute Gasteiger partial charge is 0.756 e. The van der Waals surface area contributed by atoms with E-state index in [1.165, 1.54) is 70.6 Å². The zero-order valence-corrected chi connectivity index (χ0v) is 51.7. The zero-order chi connectivity index (χ0) is 57.7. The lowest BCUT2D eigenvalue weighted by atomic mass is 10.0. The van der Waals surface area contributed by atoms with Crippen LogP contribution in [0, 0.1) is 0 Å². The van der Waals surface area contributed by atoms with Gasteiger partial charge in [-0.05, 0) is 103 Å². The van der Waals surface area contributed by atoms with E-state index in [9.17, 15) is 19.0 Å². The van der Waals surface area contributed by atoms with E-state index in [-0.39, 0.29) is 26.1 Å². The van der Waals surface area contributed by atoms with Gasteiger partial charge < -0.3 is 27.9 Å². The fraction of sp³-hybridized carbons (Fsp3) is 0.623. The molecule has 0 saturated carbocycles. The Labute approximate surface area is 484 Å². The summed E-state index contributed by atoms with van der Waals surface area (Å²) in [5.74, 6) is -0.869. The minimum atomic E-state index is -4.65. The van der Waals surface area contributed by atoms with Crippen LogP contribution in [-0.4, -0.2) is 70.0 Å². The van der Waals surface area contributed by atoms with E-state index in [4.69, 9.17) is 18.5 Å². The number of phosphoric ester groups is 1. The van der Waals surface area contributed by atoms with Crippen LogP contribution >= 0.6 is 7.82 Å². The van der Waals surface area contributed by atoms with Crippen LogP contribution in [0.1, 0.15) is 226 Å². The Bertz CT molecular complexity index is 1840. The highest BCUT2D eigenvalue weighted by Crippen LogP contribution is 2.38. The molecular formula is C69H114NO8P. The molecule has 0 aromatic carbocycles. The topological polar surface area (TPSA) is 111 Å². The highest BCUT2D eigenvalue weighted by Gasteiger charge is 2.22. The standard InChI is InChI=1S/C69H114NO8P/c1-6-8-10-12-14-16-18-20-22-23-24-25-26-27-28-29-30-31-32-33-34-35-36-37-38-39-40-41-42-43-44-45-46-47-48-50-52-54-56-58-60-62-69(72)78-67(66-77-79(73,74)76-64-63-70(3,4)5)65-75-68(71)61-59-57-55-53-51-49-21-19-17-15-13-11-9-7-2/h8,10,14,16,20,22,24-25,27-28,30-31,33-34,36-37,39-40,42-43,45-46,48,50,67H,6-7,9,11-13,15,17-19,21,23,26,29,32,35,38,41,44,47,49,51-66H2,1-5H3/b10-8-,16-14-,22-20-,25-24-,28-27-,31-30-,34-33-,37-36-,40-39-,43-42-,46-45-,50-48-. The van der Waals surface area contributed by atoms with E-state index in [2.05, 4.69) is 160 Å². The van der Waals surface area contributed by atoms with Crippen LogP contribution in [0.3, 0.4) is 0 Å². The number of phosphoric acid groups is 1. The average Bonchev–Trinajstić information content (AvgIpc) is 3.41.